The van der Waals surface area contributed by atoms with Gasteiger partial charge in [-0.2, -0.15) is 0 Å². The predicted octanol–water partition coefficient (Wildman–Crippen LogP) is 2.55. The second kappa shape index (κ2) is 7.95. The monoisotopic (exact) mass is 342 g/mol. The summed E-state index contributed by atoms with van der Waals surface area (Å²) in [5.74, 6) is 0.775. The van der Waals surface area contributed by atoms with Crippen LogP contribution in [0.15, 0.2) is 47.1 Å². The summed E-state index contributed by atoms with van der Waals surface area (Å²) in [6.07, 6.45) is 1.73. The third-order valence-electron chi connectivity index (χ3n) is 4.92. The Morgan fingerprint density at radius 2 is 1.80 bits per heavy atom. The zero-order valence-electron chi connectivity index (χ0n) is 14.9. The van der Waals surface area contributed by atoms with Crippen LogP contribution < -0.4 is 0 Å². The smallest absolute Gasteiger partial charge is 0.188 e. The summed E-state index contributed by atoms with van der Waals surface area (Å²) in [5.41, 5.74) is 1.75. The molecule has 1 aromatic carbocycles. The second-order valence-electron chi connectivity index (χ2n) is 6.92. The Balaban J connectivity index is 1.59. The summed E-state index contributed by atoms with van der Waals surface area (Å²) >= 11 is 0. The van der Waals surface area contributed by atoms with Gasteiger partial charge in [0.15, 0.2) is 5.78 Å². The lowest BCUT2D eigenvalue weighted by Gasteiger charge is -2.44. The van der Waals surface area contributed by atoms with Gasteiger partial charge < -0.3 is 9.52 Å². The third-order valence-corrected chi connectivity index (χ3v) is 4.92. The summed E-state index contributed by atoms with van der Waals surface area (Å²) in [6, 6.07) is 12.4. The van der Waals surface area contributed by atoms with E-state index in [0.29, 0.717) is 17.6 Å². The fourth-order valence-corrected chi connectivity index (χ4v) is 3.63. The Kier molecular flexibility index (Phi) is 5.68. The van der Waals surface area contributed by atoms with Crippen molar-refractivity contribution < 1.29 is 14.3 Å². The van der Waals surface area contributed by atoms with E-state index < -0.39 is 6.61 Å². The highest BCUT2D eigenvalue weighted by Gasteiger charge is 2.29. The van der Waals surface area contributed by atoms with Crippen molar-refractivity contribution in [3.05, 3.63) is 59.5 Å². The average Bonchev–Trinajstić information content (AvgIpc) is 3.11. The van der Waals surface area contributed by atoms with Gasteiger partial charge in [-0.25, -0.2) is 0 Å². The number of aliphatic hydroxyl groups excluding tert-OH is 1. The average molecular weight is 342 g/mol. The molecule has 2 aromatic rings. The van der Waals surface area contributed by atoms with E-state index in [-0.39, 0.29) is 5.78 Å². The normalized spacial score (nSPS) is 22.2. The third kappa shape index (κ3) is 4.37. The minimum atomic E-state index is -0.438. The van der Waals surface area contributed by atoms with Crippen molar-refractivity contribution in [2.24, 2.45) is 0 Å². The second-order valence-corrected chi connectivity index (χ2v) is 6.92. The molecule has 0 radical (unpaired) electrons. The highest BCUT2D eigenvalue weighted by molar-refractivity contribution is 5.96. The van der Waals surface area contributed by atoms with Crippen LogP contribution in [0, 0.1) is 0 Å². The van der Waals surface area contributed by atoms with Crippen molar-refractivity contribution in [2.75, 3.05) is 19.7 Å². The van der Waals surface area contributed by atoms with Gasteiger partial charge in [0.2, 0.25) is 0 Å². The molecule has 0 saturated carbocycles. The van der Waals surface area contributed by atoms with Crippen LogP contribution in [0.3, 0.4) is 0 Å². The van der Waals surface area contributed by atoms with Crippen LogP contribution >= 0.6 is 0 Å². The van der Waals surface area contributed by atoms with Crippen molar-refractivity contribution in [3.8, 4) is 0 Å². The Hall–Kier alpha value is -1.95. The molecule has 2 atom stereocenters. The summed E-state index contributed by atoms with van der Waals surface area (Å²) in [5, 5.41) is 8.92. The van der Waals surface area contributed by atoms with Gasteiger partial charge in [0.1, 0.15) is 12.4 Å². The summed E-state index contributed by atoms with van der Waals surface area (Å²) in [4.78, 5) is 16.4. The van der Waals surface area contributed by atoms with Crippen LogP contribution in [0.1, 0.15) is 35.5 Å². The zero-order valence-corrected chi connectivity index (χ0v) is 14.9. The minimum absolute atomic E-state index is 0.236. The van der Waals surface area contributed by atoms with Crippen LogP contribution in [0.2, 0.25) is 0 Å². The summed E-state index contributed by atoms with van der Waals surface area (Å²) < 4.78 is 5.49. The molecule has 0 bridgehead atoms. The predicted molar refractivity (Wildman–Crippen MR) is 96.3 cm³/mol. The van der Waals surface area contributed by atoms with Crippen LogP contribution in [0.5, 0.6) is 0 Å². The number of ketones is 1. The molecule has 0 aliphatic carbocycles. The van der Waals surface area contributed by atoms with E-state index in [9.17, 15) is 4.79 Å². The Morgan fingerprint density at radius 1 is 1.12 bits per heavy atom. The van der Waals surface area contributed by atoms with Gasteiger partial charge in [-0.05, 0) is 31.5 Å². The Labute approximate surface area is 148 Å². The van der Waals surface area contributed by atoms with Crippen molar-refractivity contribution >= 4 is 5.78 Å². The first kappa shape index (κ1) is 17.9. The molecule has 5 heteroatoms. The minimum Gasteiger partial charge on any atom is -0.468 e. The number of carbonyl (C=O) groups excluding carboxylic acids is 1. The molecule has 1 N–H and O–H groups in total. The van der Waals surface area contributed by atoms with Gasteiger partial charge in [0.05, 0.1) is 12.8 Å². The van der Waals surface area contributed by atoms with E-state index in [2.05, 4.69) is 23.6 Å². The largest absolute Gasteiger partial charge is 0.468 e. The molecule has 0 spiro atoms. The lowest BCUT2D eigenvalue weighted by atomic mass is 10.0. The maximum absolute atomic E-state index is 11.5. The van der Waals surface area contributed by atoms with Gasteiger partial charge in [0, 0.05) is 37.3 Å². The zero-order chi connectivity index (χ0) is 17.8. The SMILES string of the molecule is C[C@@H]1CN(Cc2ccc(C(=O)CO)cc2)C[C@H](C)N1Cc1ccco1. The highest BCUT2D eigenvalue weighted by Crippen LogP contribution is 2.21. The van der Waals surface area contributed by atoms with Gasteiger partial charge in [-0.3, -0.25) is 14.6 Å². The van der Waals surface area contributed by atoms with Gasteiger partial charge in [0.25, 0.3) is 0 Å². The topological polar surface area (TPSA) is 56.9 Å². The number of Topliss-reactive ketones (excluding diaryl/α,β-unsaturated/α-hetero) is 1. The van der Waals surface area contributed by atoms with Crippen LogP contribution in [0.4, 0.5) is 0 Å². The van der Waals surface area contributed by atoms with Crippen molar-refractivity contribution in [3.63, 3.8) is 0 Å². The molecule has 0 unspecified atom stereocenters. The lowest BCUT2D eigenvalue weighted by molar-refractivity contribution is 0.0246. The van der Waals surface area contributed by atoms with E-state index >= 15 is 0 Å². The molecular formula is C20H26N2O3. The first-order chi connectivity index (χ1) is 12.1. The van der Waals surface area contributed by atoms with E-state index in [1.165, 1.54) is 5.56 Å². The molecule has 1 aromatic heterocycles. The number of nitrogens with zero attached hydrogens (tertiary/aromatic N) is 2. The maximum Gasteiger partial charge on any atom is 0.188 e. The van der Waals surface area contributed by atoms with Crippen LogP contribution in [0.25, 0.3) is 0 Å². The quantitative estimate of drug-likeness (QED) is 0.818. The molecule has 1 fully saturated rings. The first-order valence-electron chi connectivity index (χ1n) is 8.80. The summed E-state index contributed by atoms with van der Waals surface area (Å²) in [7, 11) is 0. The number of carbonyl (C=O) groups is 1. The summed E-state index contributed by atoms with van der Waals surface area (Å²) in [6.45, 7) is 7.80. The molecule has 5 nitrogen and oxygen atoms in total. The first-order valence-corrected chi connectivity index (χ1v) is 8.80. The van der Waals surface area contributed by atoms with Crippen molar-refractivity contribution in [1.29, 1.82) is 0 Å². The number of hydrogen-bond acceptors (Lipinski definition) is 5. The molecule has 134 valence electrons. The number of rotatable bonds is 6. The van der Waals surface area contributed by atoms with Gasteiger partial charge in [-0.1, -0.05) is 24.3 Å². The standard InChI is InChI=1S/C20H26N2O3/c1-15-10-21(11-16(2)22(15)13-19-4-3-9-25-19)12-17-5-7-18(8-6-17)20(24)14-23/h3-9,15-16,23H,10-14H2,1-2H3/t15-,16+. The molecule has 1 aliphatic heterocycles. The van der Waals surface area contributed by atoms with E-state index in [1.807, 2.05) is 24.3 Å². The lowest BCUT2D eigenvalue weighted by Crippen LogP contribution is -2.55. The molecule has 2 heterocycles. The van der Waals surface area contributed by atoms with Crippen molar-refractivity contribution in [2.45, 2.75) is 39.0 Å². The Morgan fingerprint density at radius 3 is 2.36 bits per heavy atom. The Bertz CT molecular complexity index is 669. The molecule has 0 amide bonds. The van der Waals surface area contributed by atoms with Gasteiger partial charge >= 0.3 is 0 Å². The number of aliphatic hydroxyl groups is 1. The highest BCUT2D eigenvalue weighted by atomic mass is 16.3. The molecule has 1 aliphatic rings. The van der Waals surface area contributed by atoms with Crippen molar-refractivity contribution in [1.82, 2.24) is 9.80 Å². The van der Waals surface area contributed by atoms with E-state index in [0.717, 1.165) is 31.9 Å². The molecular weight excluding hydrogens is 316 g/mol. The number of hydrogen-bond donors (Lipinski definition) is 1. The fraction of sp³-hybridized carbons (Fsp3) is 0.450. The van der Waals surface area contributed by atoms with E-state index in [1.54, 1.807) is 18.4 Å². The van der Waals surface area contributed by atoms with Gasteiger partial charge in [-0.15, -0.1) is 0 Å². The maximum atomic E-state index is 11.5. The van der Waals surface area contributed by atoms with Crippen LogP contribution in [-0.4, -0.2) is 52.5 Å². The number of benzene rings is 1. The molecule has 1 saturated heterocycles. The number of piperazine rings is 1. The molecule has 25 heavy (non-hydrogen) atoms. The molecule has 3 rings (SSSR count). The van der Waals surface area contributed by atoms with Crippen LogP contribution in [-0.2, 0) is 13.1 Å². The number of furan rings is 1. The fourth-order valence-electron chi connectivity index (χ4n) is 3.63. The van der Waals surface area contributed by atoms with E-state index in [4.69, 9.17) is 9.52 Å².